The molecule has 104 valence electrons. The Kier molecular flexibility index (Phi) is 5.03. The van der Waals surface area contributed by atoms with Crippen LogP contribution in [0.1, 0.15) is 38.7 Å². The number of nitrogens with one attached hydrogen (secondary N) is 1. The van der Waals surface area contributed by atoms with Gasteiger partial charge in [0.1, 0.15) is 0 Å². The van der Waals surface area contributed by atoms with E-state index in [2.05, 4.69) is 35.1 Å². The lowest BCUT2D eigenvalue weighted by Crippen LogP contribution is -2.44. The van der Waals surface area contributed by atoms with E-state index >= 15 is 0 Å². The molecule has 0 heterocycles. The van der Waals surface area contributed by atoms with Gasteiger partial charge in [0, 0.05) is 10.5 Å². The van der Waals surface area contributed by atoms with Crippen LogP contribution in [0.25, 0.3) is 0 Å². The van der Waals surface area contributed by atoms with E-state index in [0.29, 0.717) is 24.3 Å². The fourth-order valence-electron chi connectivity index (χ4n) is 2.88. The highest BCUT2D eigenvalue weighted by Gasteiger charge is 2.27. The molecule has 0 spiro atoms. The van der Waals surface area contributed by atoms with Crippen LogP contribution in [0.4, 0.5) is 0 Å². The zero-order chi connectivity index (χ0) is 13.8. The topological polar surface area (TPSA) is 29.1 Å². The molecular weight excluding hydrogens is 302 g/mol. The number of benzene rings is 1. The van der Waals surface area contributed by atoms with Crippen molar-refractivity contribution in [1.29, 1.82) is 0 Å². The molecule has 3 heteroatoms. The molecule has 1 aromatic rings. The van der Waals surface area contributed by atoms with Gasteiger partial charge in [-0.15, -0.1) is 0 Å². The molecule has 1 aliphatic carbocycles. The summed E-state index contributed by atoms with van der Waals surface area (Å²) in [6.45, 7) is 4.55. The first-order chi connectivity index (χ1) is 9.06. The van der Waals surface area contributed by atoms with Gasteiger partial charge < -0.3 is 5.32 Å². The number of rotatable bonds is 3. The Bertz CT molecular complexity index is 446. The fourth-order valence-corrected chi connectivity index (χ4v) is 3.32. The molecule has 19 heavy (non-hydrogen) atoms. The van der Waals surface area contributed by atoms with Gasteiger partial charge in [-0.3, -0.25) is 4.79 Å². The Morgan fingerprint density at radius 3 is 2.89 bits per heavy atom. The zero-order valence-corrected chi connectivity index (χ0v) is 13.2. The van der Waals surface area contributed by atoms with Crippen molar-refractivity contribution in [3.8, 4) is 0 Å². The minimum absolute atomic E-state index is 0.143. The second-order valence-corrected chi connectivity index (χ2v) is 6.66. The molecule has 0 saturated heterocycles. The molecule has 2 nitrogen and oxygen atoms in total. The van der Waals surface area contributed by atoms with Crippen LogP contribution in [0, 0.1) is 11.8 Å². The summed E-state index contributed by atoms with van der Waals surface area (Å²) in [6, 6.07) is 8.30. The van der Waals surface area contributed by atoms with Crippen LogP contribution < -0.4 is 5.32 Å². The molecule has 1 aliphatic rings. The third-order valence-electron chi connectivity index (χ3n) is 4.31. The quantitative estimate of drug-likeness (QED) is 0.897. The lowest BCUT2D eigenvalue weighted by molar-refractivity contribution is -0.121. The molecule has 1 amide bonds. The maximum atomic E-state index is 12.1. The first-order valence-corrected chi connectivity index (χ1v) is 7.89. The molecule has 3 unspecified atom stereocenters. The average molecular weight is 324 g/mol. The molecule has 1 fully saturated rings. The van der Waals surface area contributed by atoms with Crippen molar-refractivity contribution >= 4 is 21.8 Å². The van der Waals surface area contributed by atoms with Gasteiger partial charge in [0.15, 0.2) is 0 Å². The summed E-state index contributed by atoms with van der Waals surface area (Å²) < 4.78 is 1.03. The molecule has 0 radical (unpaired) electrons. The van der Waals surface area contributed by atoms with Gasteiger partial charge in [-0.05, 0) is 36.0 Å². The highest BCUT2D eigenvalue weighted by Crippen LogP contribution is 2.29. The first-order valence-electron chi connectivity index (χ1n) is 7.10. The van der Waals surface area contributed by atoms with Gasteiger partial charge in [0.25, 0.3) is 0 Å². The van der Waals surface area contributed by atoms with Gasteiger partial charge in [-0.2, -0.15) is 0 Å². The normalized spacial score (nSPS) is 27.0. The minimum atomic E-state index is 0.143. The van der Waals surface area contributed by atoms with Crippen LogP contribution in [0.3, 0.4) is 0 Å². The van der Waals surface area contributed by atoms with Gasteiger partial charge in [0.05, 0.1) is 6.42 Å². The standard InChI is InChI=1S/C16H22BrNO/c1-11-5-3-8-15(12(11)2)18-16(19)10-13-6-4-7-14(17)9-13/h4,6-7,9,11-12,15H,3,5,8,10H2,1-2H3,(H,18,19). The van der Waals surface area contributed by atoms with Crippen LogP contribution in [0.2, 0.25) is 0 Å². The fraction of sp³-hybridized carbons (Fsp3) is 0.562. The predicted octanol–water partition coefficient (Wildman–Crippen LogP) is 3.93. The van der Waals surface area contributed by atoms with Gasteiger partial charge in [0.2, 0.25) is 5.91 Å². The third kappa shape index (κ3) is 4.07. The van der Waals surface area contributed by atoms with Crippen molar-refractivity contribution in [3.05, 3.63) is 34.3 Å². The van der Waals surface area contributed by atoms with Crippen LogP contribution >= 0.6 is 15.9 Å². The van der Waals surface area contributed by atoms with Crippen LogP contribution in [0.15, 0.2) is 28.7 Å². The molecule has 1 N–H and O–H groups in total. The summed E-state index contributed by atoms with van der Waals surface area (Å²) >= 11 is 3.44. The monoisotopic (exact) mass is 323 g/mol. The summed E-state index contributed by atoms with van der Waals surface area (Å²) in [5.74, 6) is 1.44. The Labute approximate surface area is 124 Å². The Morgan fingerprint density at radius 2 is 2.16 bits per heavy atom. The van der Waals surface area contributed by atoms with E-state index in [1.54, 1.807) is 0 Å². The highest BCUT2D eigenvalue weighted by molar-refractivity contribution is 9.10. The van der Waals surface area contributed by atoms with Crippen molar-refractivity contribution in [3.63, 3.8) is 0 Å². The summed E-state index contributed by atoms with van der Waals surface area (Å²) in [5.41, 5.74) is 1.06. The van der Waals surface area contributed by atoms with E-state index < -0.39 is 0 Å². The number of carbonyl (C=O) groups is 1. The molecule has 0 aliphatic heterocycles. The second kappa shape index (κ2) is 6.56. The smallest absolute Gasteiger partial charge is 0.224 e. The molecule has 0 aromatic heterocycles. The highest BCUT2D eigenvalue weighted by atomic mass is 79.9. The summed E-state index contributed by atoms with van der Waals surface area (Å²) in [5, 5.41) is 3.21. The third-order valence-corrected chi connectivity index (χ3v) is 4.80. The van der Waals surface area contributed by atoms with E-state index in [4.69, 9.17) is 0 Å². The maximum absolute atomic E-state index is 12.1. The zero-order valence-electron chi connectivity index (χ0n) is 11.7. The van der Waals surface area contributed by atoms with Crippen LogP contribution in [-0.2, 0) is 11.2 Å². The maximum Gasteiger partial charge on any atom is 0.224 e. The number of halogens is 1. The molecule has 1 saturated carbocycles. The van der Waals surface area contributed by atoms with Gasteiger partial charge >= 0.3 is 0 Å². The Hall–Kier alpha value is -0.830. The summed E-state index contributed by atoms with van der Waals surface area (Å²) in [7, 11) is 0. The summed E-state index contributed by atoms with van der Waals surface area (Å²) in [6.07, 6.45) is 4.11. The number of carbonyl (C=O) groups excluding carboxylic acids is 1. The summed E-state index contributed by atoms with van der Waals surface area (Å²) in [4.78, 5) is 12.1. The van der Waals surface area contributed by atoms with Crippen molar-refractivity contribution in [2.24, 2.45) is 11.8 Å². The number of amides is 1. The Balaban J connectivity index is 1.90. The molecular formula is C16H22BrNO. The lowest BCUT2D eigenvalue weighted by Gasteiger charge is -2.34. The van der Waals surface area contributed by atoms with Crippen molar-refractivity contribution in [2.45, 2.75) is 45.6 Å². The van der Waals surface area contributed by atoms with E-state index in [0.717, 1.165) is 16.5 Å². The lowest BCUT2D eigenvalue weighted by atomic mass is 9.78. The predicted molar refractivity (Wildman–Crippen MR) is 82.0 cm³/mol. The average Bonchev–Trinajstić information content (AvgIpc) is 2.35. The van der Waals surface area contributed by atoms with Crippen molar-refractivity contribution < 1.29 is 4.79 Å². The second-order valence-electron chi connectivity index (χ2n) is 5.75. The van der Waals surface area contributed by atoms with Crippen LogP contribution in [0.5, 0.6) is 0 Å². The van der Waals surface area contributed by atoms with E-state index in [9.17, 15) is 4.79 Å². The van der Waals surface area contributed by atoms with E-state index in [-0.39, 0.29) is 5.91 Å². The molecule has 0 bridgehead atoms. The van der Waals surface area contributed by atoms with Gasteiger partial charge in [-0.1, -0.05) is 54.8 Å². The minimum Gasteiger partial charge on any atom is -0.353 e. The largest absolute Gasteiger partial charge is 0.353 e. The molecule has 3 atom stereocenters. The van der Waals surface area contributed by atoms with E-state index in [1.165, 1.54) is 12.8 Å². The van der Waals surface area contributed by atoms with Crippen molar-refractivity contribution in [1.82, 2.24) is 5.32 Å². The SMILES string of the molecule is CC1CCCC(NC(=O)Cc2cccc(Br)c2)C1C. The number of hydrogen-bond donors (Lipinski definition) is 1. The Morgan fingerprint density at radius 1 is 1.37 bits per heavy atom. The van der Waals surface area contributed by atoms with Crippen LogP contribution in [-0.4, -0.2) is 11.9 Å². The van der Waals surface area contributed by atoms with Gasteiger partial charge in [-0.25, -0.2) is 0 Å². The molecule has 1 aromatic carbocycles. The first kappa shape index (κ1) is 14.6. The molecule has 2 rings (SSSR count). The van der Waals surface area contributed by atoms with E-state index in [1.807, 2.05) is 24.3 Å². The number of hydrogen-bond acceptors (Lipinski definition) is 1. The van der Waals surface area contributed by atoms with Crippen molar-refractivity contribution in [2.75, 3.05) is 0 Å².